The quantitative estimate of drug-likeness (QED) is 0.471. The SMILES string of the molecule is C/C(=N\OC(=O)Nc1ccccc1)c1ccc(C2CCCC2)cc1. The first-order valence-corrected chi connectivity index (χ1v) is 8.40. The Hall–Kier alpha value is -2.62. The lowest BCUT2D eigenvalue weighted by atomic mass is 9.96. The number of nitrogens with one attached hydrogen (secondary N) is 1. The van der Waals surface area contributed by atoms with Crippen LogP contribution in [-0.2, 0) is 4.84 Å². The fourth-order valence-electron chi connectivity index (χ4n) is 3.08. The monoisotopic (exact) mass is 322 g/mol. The molecule has 124 valence electrons. The Morgan fingerprint density at radius 1 is 1.04 bits per heavy atom. The van der Waals surface area contributed by atoms with Crippen molar-refractivity contribution in [1.82, 2.24) is 0 Å². The van der Waals surface area contributed by atoms with Gasteiger partial charge in [0.2, 0.25) is 0 Å². The highest BCUT2D eigenvalue weighted by molar-refractivity contribution is 5.99. The van der Waals surface area contributed by atoms with Crippen molar-refractivity contribution in [3.05, 3.63) is 65.7 Å². The van der Waals surface area contributed by atoms with Crippen LogP contribution in [0, 0.1) is 0 Å². The molecule has 0 saturated heterocycles. The van der Waals surface area contributed by atoms with Gasteiger partial charge in [-0.1, -0.05) is 60.5 Å². The van der Waals surface area contributed by atoms with Gasteiger partial charge in [-0.05, 0) is 48.9 Å². The maximum atomic E-state index is 11.7. The second kappa shape index (κ2) is 7.77. The van der Waals surface area contributed by atoms with Crippen molar-refractivity contribution in [2.45, 2.75) is 38.5 Å². The molecule has 3 rings (SSSR count). The smallest absolute Gasteiger partial charge is 0.298 e. The number of benzene rings is 2. The number of carbonyl (C=O) groups is 1. The van der Waals surface area contributed by atoms with E-state index in [1.165, 1.54) is 31.2 Å². The number of rotatable bonds is 4. The first-order chi connectivity index (χ1) is 11.7. The van der Waals surface area contributed by atoms with Crippen LogP contribution in [0.15, 0.2) is 59.8 Å². The molecule has 0 aliphatic heterocycles. The molecule has 0 heterocycles. The van der Waals surface area contributed by atoms with E-state index in [4.69, 9.17) is 4.84 Å². The molecule has 2 aromatic carbocycles. The van der Waals surface area contributed by atoms with Crippen molar-refractivity contribution in [1.29, 1.82) is 0 Å². The van der Waals surface area contributed by atoms with Crippen molar-refractivity contribution in [2.75, 3.05) is 5.32 Å². The van der Waals surface area contributed by atoms with Crippen LogP contribution in [0.4, 0.5) is 10.5 Å². The minimum absolute atomic E-state index is 0.594. The summed E-state index contributed by atoms with van der Waals surface area (Å²) in [5.41, 5.74) is 3.71. The molecule has 1 saturated carbocycles. The summed E-state index contributed by atoms with van der Waals surface area (Å²) in [6.07, 6.45) is 4.64. The summed E-state index contributed by atoms with van der Waals surface area (Å²) in [5.74, 6) is 0.698. The fraction of sp³-hybridized carbons (Fsp3) is 0.300. The molecule has 24 heavy (non-hydrogen) atoms. The molecule has 1 amide bonds. The number of carbonyl (C=O) groups excluding carboxylic acids is 1. The Labute approximate surface area is 142 Å². The standard InChI is InChI=1S/C20H22N2O2/c1-15(22-24-20(23)21-19-9-3-2-4-10-19)16-11-13-18(14-12-16)17-7-5-6-8-17/h2-4,9-14,17H,5-8H2,1H3,(H,21,23)/b22-15+. The third kappa shape index (κ3) is 4.22. The Morgan fingerprint density at radius 2 is 1.71 bits per heavy atom. The van der Waals surface area contributed by atoms with Gasteiger partial charge >= 0.3 is 6.09 Å². The highest BCUT2D eigenvalue weighted by Crippen LogP contribution is 2.33. The number of anilines is 1. The minimum Gasteiger partial charge on any atom is -0.298 e. The number of nitrogens with zero attached hydrogens (tertiary/aromatic N) is 1. The lowest BCUT2D eigenvalue weighted by Gasteiger charge is -2.10. The van der Waals surface area contributed by atoms with Crippen molar-refractivity contribution < 1.29 is 9.63 Å². The van der Waals surface area contributed by atoms with Crippen LogP contribution in [0.2, 0.25) is 0 Å². The molecule has 4 nitrogen and oxygen atoms in total. The molecule has 1 aliphatic carbocycles. The molecule has 4 heteroatoms. The van der Waals surface area contributed by atoms with Crippen LogP contribution in [0.5, 0.6) is 0 Å². The molecule has 0 atom stereocenters. The van der Waals surface area contributed by atoms with E-state index in [2.05, 4.69) is 22.6 Å². The predicted molar refractivity (Wildman–Crippen MR) is 96.4 cm³/mol. The van der Waals surface area contributed by atoms with Crippen LogP contribution in [0.25, 0.3) is 0 Å². The third-order valence-corrected chi connectivity index (χ3v) is 4.44. The van der Waals surface area contributed by atoms with Gasteiger partial charge in [0.25, 0.3) is 0 Å². The van der Waals surface area contributed by atoms with Gasteiger partial charge in [-0.2, -0.15) is 0 Å². The zero-order chi connectivity index (χ0) is 16.8. The number of amides is 1. The van der Waals surface area contributed by atoms with Crippen molar-refractivity contribution in [2.24, 2.45) is 5.16 Å². The first-order valence-electron chi connectivity index (χ1n) is 8.40. The Kier molecular flexibility index (Phi) is 5.26. The molecule has 0 spiro atoms. The van der Waals surface area contributed by atoms with Gasteiger partial charge < -0.3 is 0 Å². The number of para-hydroxylation sites is 1. The normalized spacial score (nSPS) is 15.3. The van der Waals surface area contributed by atoms with Crippen molar-refractivity contribution >= 4 is 17.5 Å². The largest absolute Gasteiger partial charge is 0.437 e. The van der Waals surface area contributed by atoms with E-state index in [9.17, 15) is 4.79 Å². The van der Waals surface area contributed by atoms with E-state index < -0.39 is 6.09 Å². The number of hydrogen-bond acceptors (Lipinski definition) is 3. The summed E-state index contributed by atoms with van der Waals surface area (Å²) in [6.45, 7) is 1.83. The zero-order valence-electron chi connectivity index (χ0n) is 13.9. The predicted octanol–water partition coefficient (Wildman–Crippen LogP) is 5.32. The lowest BCUT2D eigenvalue weighted by molar-refractivity contribution is 0.166. The zero-order valence-corrected chi connectivity index (χ0v) is 13.9. The van der Waals surface area contributed by atoms with Crippen LogP contribution in [-0.4, -0.2) is 11.8 Å². The number of oxime groups is 1. The molecule has 0 unspecified atom stereocenters. The van der Waals surface area contributed by atoms with E-state index in [1.54, 1.807) is 12.1 Å². The van der Waals surface area contributed by atoms with E-state index in [0.29, 0.717) is 17.3 Å². The van der Waals surface area contributed by atoms with Gasteiger partial charge in [-0.15, -0.1) is 0 Å². The highest BCUT2D eigenvalue weighted by Gasteiger charge is 2.16. The van der Waals surface area contributed by atoms with Gasteiger partial charge in [-0.3, -0.25) is 10.2 Å². The van der Waals surface area contributed by atoms with Gasteiger partial charge in [0, 0.05) is 5.69 Å². The second-order valence-electron chi connectivity index (χ2n) is 6.15. The summed E-state index contributed by atoms with van der Waals surface area (Å²) in [4.78, 5) is 16.7. The van der Waals surface area contributed by atoms with Crippen LogP contribution < -0.4 is 5.32 Å². The maximum Gasteiger partial charge on any atom is 0.437 e. The van der Waals surface area contributed by atoms with E-state index in [-0.39, 0.29) is 0 Å². The summed E-state index contributed by atoms with van der Waals surface area (Å²) >= 11 is 0. The molecule has 2 aromatic rings. The van der Waals surface area contributed by atoms with Gasteiger partial charge in [0.05, 0.1) is 5.71 Å². The van der Waals surface area contributed by atoms with Gasteiger partial charge in [-0.25, -0.2) is 4.79 Å². The fourth-order valence-corrected chi connectivity index (χ4v) is 3.08. The Bertz CT molecular complexity index is 702. The van der Waals surface area contributed by atoms with E-state index >= 15 is 0 Å². The summed E-state index contributed by atoms with van der Waals surface area (Å²) in [6, 6.07) is 17.6. The van der Waals surface area contributed by atoms with Crippen LogP contribution in [0.1, 0.15) is 49.7 Å². The topological polar surface area (TPSA) is 50.7 Å². The van der Waals surface area contributed by atoms with Crippen molar-refractivity contribution in [3.8, 4) is 0 Å². The average molecular weight is 322 g/mol. The Balaban J connectivity index is 1.57. The van der Waals surface area contributed by atoms with Crippen LogP contribution in [0.3, 0.4) is 0 Å². The number of hydrogen-bond donors (Lipinski definition) is 1. The van der Waals surface area contributed by atoms with Crippen molar-refractivity contribution in [3.63, 3.8) is 0 Å². The lowest BCUT2D eigenvalue weighted by Crippen LogP contribution is -2.11. The highest BCUT2D eigenvalue weighted by atomic mass is 16.7. The molecular weight excluding hydrogens is 300 g/mol. The van der Waals surface area contributed by atoms with Gasteiger partial charge in [0.15, 0.2) is 0 Å². The molecule has 0 bridgehead atoms. The van der Waals surface area contributed by atoms with E-state index in [0.717, 1.165) is 5.56 Å². The van der Waals surface area contributed by atoms with Gasteiger partial charge in [0.1, 0.15) is 0 Å². The summed E-state index contributed by atoms with van der Waals surface area (Å²) in [5, 5.41) is 6.55. The second-order valence-corrected chi connectivity index (χ2v) is 6.15. The molecule has 1 N–H and O–H groups in total. The summed E-state index contributed by atoms with van der Waals surface area (Å²) in [7, 11) is 0. The minimum atomic E-state index is -0.594. The molecule has 1 fully saturated rings. The molecule has 0 radical (unpaired) electrons. The molecular formula is C20H22N2O2. The van der Waals surface area contributed by atoms with E-state index in [1.807, 2.05) is 37.3 Å². The Morgan fingerprint density at radius 3 is 2.38 bits per heavy atom. The average Bonchev–Trinajstić information content (AvgIpc) is 3.15. The molecule has 0 aromatic heterocycles. The maximum absolute atomic E-state index is 11.7. The van der Waals surface area contributed by atoms with Crippen LogP contribution >= 0.6 is 0 Å². The summed E-state index contributed by atoms with van der Waals surface area (Å²) < 4.78 is 0. The first kappa shape index (κ1) is 16.2. The molecule has 1 aliphatic rings. The third-order valence-electron chi connectivity index (χ3n) is 4.44.